The molecule has 0 bridgehead atoms. The van der Waals surface area contributed by atoms with E-state index in [4.69, 9.17) is 14.2 Å². The number of aromatic nitrogens is 4. The Kier molecular flexibility index (Phi) is 5.26. The molecule has 0 aromatic carbocycles. The summed E-state index contributed by atoms with van der Waals surface area (Å²) in [5.74, 6) is 2.61. The van der Waals surface area contributed by atoms with Crippen LogP contribution in [-0.2, 0) is 10.2 Å². The lowest BCUT2D eigenvalue weighted by Crippen LogP contribution is -2.31. The number of nitriles is 1. The molecule has 9 nitrogen and oxygen atoms in total. The first-order valence-electron chi connectivity index (χ1n) is 12.0. The van der Waals surface area contributed by atoms with Crippen LogP contribution in [0.15, 0.2) is 30.6 Å². The Bertz CT molecular complexity index is 1230. The molecule has 176 valence electrons. The van der Waals surface area contributed by atoms with Gasteiger partial charge in [0.25, 0.3) is 0 Å². The van der Waals surface area contributed by atoms with Gasteiger partial charge in [0.1, 0.15) is 28.7 Å². The first kappa shape index (κ1) is 21.2. The van der Waals surface area contributed by atoms with Crippen LogP contribution in [0.3, 0.4) is 0 Å². The highest BCUT2D eigenvalue weighted by atomic mass is 16.5. The number of nitrogens with zero attached hydrogens (tertiary/aromatic N) is 5. The van der Waals surface area contributed by atoms with Gasteiger partial charge in [-0.2, -0.15) is 10.4 Å². The highest BCUT2D eigenvalue weighted by Gasteiger charge is 2.57. The smallest absolute Gasteiger partial charge is 0.233 e. The molecule has 1 aliphatic heterocycles. The van der Waals surface area contributed by atoms with E-state index >= 15 is 0 Å². The van der Waals surface area contributed by atoms with E-state index in [1.165, 1.54) is 5.56 Å². The monoisotopic (exact) mass is 460 g/mol. The third-order valence-electron chi connectivity index (χ3n) is 7.68. The summed E-state index contributed by atoms with van der Waals surface area (Å²) >= 11 is 0. The van der Waals surface area contributed by atoms with E-state index in [1.807, 2.05) is 16.6 Å². The topological polar surface area (TPSA) is 107 Å². The normalized spacial score (nSPS) is 28.1. The van der Waals surface area contributed by atoms with E-state index in [0.29, 0.717) is 23.4 Å². The zero-order valence-electron chi connectivity index (χ0n) is 19.2. The SMILES string of the molecule is COc1ccc(NC2CCC(Oc3cc(C45CCOCC4C5)cn4ncc(C#N)c34)CC2)nn1. The maximum atomic E-state index is 9.64. The van der Waals surface area contributed by atoms with Crippen LogP contribution in [-0.4, -0.2) is 52.3 Å². The van der Waals surface area contributed by atoms with Crippen molar-refractivity contribution in [1.82, 2.24) is 19.8 Å². The quantitative estimate of drug-likeness (QED) is 0.596. The fraction of sp³-hybridized carbons (Fsp3) is 0.520. The molecule has 3 aromatic heterocycles. The van der Waals surface area contributed by atoms with Gasteiger partial charge in [-0.25, -0.2) is 4.52 Å². The van der Waals surface area contributed by atoms with Crippen molar-refractivity contribution >= 4 is 11.3 Å². The van der Waals surface area contributed by atoms with E-state index in [-0.39, 0.29) is 11.5 Å². The van der Waals surface area contributed by atoms with Crippen LogP contribution in [0.5, 0.6) is 11.6 Å². The Labute approximate surface area is 198 Å². The van der Waals surface area contributed by atoms with Gasteiger partial charge in [-0.05, 0) is 62.1 Å². The highest BCUT2D eigenvalue weighted by molar-refractivity contribution is 5.70. The minimum absolute atomic E-state index is 0.0997. The van der Waals surface area contributed by atoms with Crippen molar-refractivity contribution < 1.29 is 14.2 Å². The molecule has 3 aliphatic rings. The maximum absolute atomic E-state index is 9.64. The molecule has 2 saturated carbocycles. The van der Waals surface area contributed by atoms with E-state index in [9.17, 15) is 5.26 Å². The molecule has 2 atom stereocenters. The molecule has 3 aromatic rings. The van der Waals surface area contributed by atoms with Gasteiger partial charge >= 0.3 is 0 Å². The van der Waals surface area contributed by atoms with Crippen LogP contribution in [0.25, 0.3) is 5.52 Å². The van der Waals surface area contributed by atoms with E-state index in [0.717, 1.165) is 68.8 Å². The molecule has 1 saturated heterocycles. The molecule has 9 heteroatoms. The first-order valence-corrected chi connectivity index (χ1v) is 12.0. The van der Waals surface area contributed by atoms with Crippen molar-refractivity contribution in [2.45, 2.75) is 56.1 Å². The Morgan fingerprint density at radius 2 is 2.12 bits per heavy atom. The molecular formula is C25H28N6O3. The molecule has 2 aliphatic carbocycles. The minimum atomic E-state index is 0.0997. The van der Waals surface area contributed by atoms with Crippen LogP contribution in [0.2, 0.25) is 0 Å². The van der Waals surface area contributed by atoms with Gasteiger partial charge in [0.2, 0.25) is 5.88 Å². The van der Waals surface area contributed by atoms with Gasteiger partial charge in [-0.1, -0.05) is 0 Å². The summed E-state index contributed by atoms with van der Waals surface area (Å²) in [5.41, 5.74) is 2.74. The zero-order chi connectivity index (χ0) is 23.1. The Morgan fingerprint density at radius 3 is 2.85 bits per heavy atom. The molecule has 6 rings (SSSR count). The number of pyridine rings is 1. The van der Waals surface area contributed by atoms with Crippen molar-refractivity contribution in [1.29, 1.82) is 5.26 Å². The van der Waals surface area contributed by atoms with Gasteiger partial charge in [0.05, 0.1) is 26.0 Å². The van der Waals surface area contributed by atoms with Crippen molar-refractivity contribution in [3.63, 3.8) is 0 Å². The number of rotatable bonds is 6. The van der Waals surface area contributed by atoms with Gasteiger partial charge in [0, 0.05) is 30.3 Å². The molecule has 3 fully saturated rings. The van der Waals surface area contributed by atoms with Gasteiger partial charge in [0.15, 0.2) is 0 Å². The zero-order valence-corrected chi connectivity index (χ0v) is 19.2. The lowest BCUT2D eigenvalue weighted by atomic mass is 9.89. The minimum Gasteiger partial charge on any atom is -0.488 e. The van der Waals surface area contributed by atoms with Crippen LogP contribution in [0.1, 0.15) is 49.7 Å². The summed E-state index contributed by atoms with van der Waals surface area (Å²) in [6.07, 6.45) is 9.80. The van der Waals surface area contributed by atoms with Gasteiger partial charge < -0.3 is 19.5 Å². The molecule has 1 N–H and O–H groups in total. The lowest BCUT2D eigenvalue weighted by Gasteiger charge is -2.30. The summed E-state index contributed by atoms with van der Waals surface area (Å²) in [7, 11) is 1.58. The summed E-state index contributed by atoms with van der Waals surface area (Å²) in [5, 5.41) is 25.8. The standard InChI is InChI=1S/C25H28N6O3/c1-32-23-7-6-22(29-30-23)28-19-2-4-20(5-3-19)34-21-10-17(25-8-9-33-15-18(25)11-25)14-31-24(21)16(12-26)13-27-31/h6-7,10,13-14,18-20H,2-5,8-9,11,15H2,1H3,(H,28,29). The Hall–Kier alpha value is -3.38. The van der Waals surface area contributed by atoms with Crippen molar-refractivity contribution in [3.05, 3.63) is 41.7 Å². The number of nitrogens with one attached hydrogen (secondary N) is 1. The third-order valence-corrected chi connectivity index (χ3v) is 7.68. The summed E-state index contributed by atoms with van der Waals surface area (Å²) in [6, 6.07) is 8.46. The Balaban J connectivity index is 1.18. The number of anilines is 1. The largest absolute Gasteiger partial charge is 0.488 e. The number of hydrogen-bond acceptors (Lipinski definition) is 8. The van der Waals surface area contributed by atoms with Crippen LogP contribution < -0.4 is 14.8 Å². The second kappa shape index (κ2) is 8.44. The summed E-state index contributed by atoms with van der Waals surface area (Å²) in [6.45, 7) is 1.62. The predicted molar refractivity (Wildman–Crippen MR) is 124 cm³/mol. The molecule has 0 amide bonds. The average molecular weight is 461 g/mol. The first-order chi connectivity index (χ1) is 16.7. The highest BCUT2D eigenvalue weighted by Crippen LogP contribution is 2.59. The molecule has 0 spiro atoms. The number of ether oxygens (including phenoxy) is 3. The number of methoxy groups -OCH3 is 1. The molecule has 34 heavy (non-hydrogen) atoms. The molecule has 0 radical (unpaired) electrons. The summed E-state index contributed by atoms with van der Waals surface area (Å²) in [4.78, 5) is 0. The van der Waals surface area contributed by atoms with Gasteiger partial charge in [-0.15, -0.1) is 10.2 Å². The second-order valence-electron chi connectivity index (χ2n) is 9.64. The van der Waals surface area contributed by atoms with Crippen molar-refractivity contribution in [3.8, 4) is 17.7 Å². The van der Waals surface area contributed by atoms with E-state index < -0.39 is 0 Å². The summed E-state index contributed by atoms with van der Waals surface area (Å²) < 4.78 is 19.2. The average Bonchev–Trinajstić information content (AvgIpc) is 3.49. The maximum Gasteiger partial charge on any atom is 0.233 e. The fourth-order valence-electron chi connectivity index (χ4n) is 5.63. The Morgan fingerprint density at radius 1 is 1.24 bits per heavy atom. The molecule has 4 heterocycles. The molecular weight excluding hydrogens is 432 g/mol. The third kappa shape index (κ3) is 3.72. The molecule has 2 unspecified atom stereocenters. The van der Waals surface area contributed by atoms with E-state index in [2.05, 4.69) is 38.9 Å². The lowest BCUT2D eigenvalue weighted by molar-refractivity contribution is 0.0800. The number of hydrogen-bond donors (Lipinski definition) is 1. The second-order valence-corrected chi connectivity index (χ2v) is 9.64. The van der Waals surface area contributed by atoms with Gasteiger partial charge in [-0.3, -0.25) is 0 Å². The fourth-order valence-corrected chi connectivity index (χ4v) is 5.63. The van der Waals surface area contributed by atoms with Crippen LogP contribution >= 0.6 is 0 Å². The number of fused-ring (bicyclic) bond motifs is 2. The van der Waals surface area contributed by atoms with E-state index in [1.54, 1.807) is 13.3 Å². The van der Waals surface area contributed by atoms with Crippen LogP contribution in [0.4, 0.5) is 5.82 Å². The van der Waals surface area contributed by atoms with Crippen LogP contribution in [0, 0.1) is 17.2 Å². The van der Waals surface area contributed by atoms with Crippen molar-refractivity contribution in [2.24, 2.45) is 5.92 Å². The predicted octanol–water partition coefficient (Wildman–Crippen LogP) is 3.48. The van der Waals surface area contributed by atoms with Crippen molar-refractivity contribution in [2.75, 3.05) is 25.6 Å².